The molecule has 5 heteroatoms. The van der Waals surface area contributed by atoms with Crippen molar-refractivity contribution in [3.8, 4) is 0 Å². The molecule has 1 aliphatic carbocycles. The highest BCUT2D eigenvalue weighted by Crippen LogP contribution is 2.45. The van der Waals surface area contributed by atoms with Crippen molar-refractivity contribution in [2.75, 3.05) is 11.9 Å². The highest BCUT2D eigenvalue weighted by Gasteiger charge is 2.37. The maximum Gasteiger partial charge on any atom is 0.311 e. The first-order valence-electron chi connectivity index (χ1n) is 5.35. The lowest BCUT2D eigenvalue weighted by atomic mass is 10.1. The van der Waals surface area contributed by atoms with Crippen LogP contribution in [0.15, 0.2) is 12.3 Å². The summed E-state index contributed by atoms with van der Waals surface area (Å²) in [6, 6.07) is 1.55. The Kier molecular flexibility index (Phi) is 2.53. The predicted molar refractivity (Wildman–Crippen MR) is 61.5 cm³/mol. The fraction of sp³-hybridized carbons (Fsp3) is 0.545. The van der Waals surface area contributed by atoms with Gasteiger partial charge in [-0.3, -0.25) is 10.1 Å². The van der Waals surface area contributed by atoms with Crippen LogP contribution in [0.25, 0.3) is 0 Å². The van der Waals surface area contributed by atoms with Crippen LogP contribution < -0.4 is 5.32 Å². The fourth-order valence-electron chi connectivity index (χ4n) is 1.52. The second kappa shape index (κ2) is 3.73. The normalized spacial score (nSPS) is 16.9. The second-order valence-corrected chi connectivity index (χ2v) is 4.80. The lowest BCUT2D eigenvalue weighted by Gasteiger charge is -2.10. The molecule has 0 bridgehead atoms. The van der Waals surface area contributed by atoms with E-state index < -0.39 is 4.92 Å². The first-order chi connectivity index (χ1) is 7.50. The van der Waals surface area contributed by atoms with Crippen LogP contribution in [0.5, 0.6) is 0 Å². The van der Waals surface area contributed by atoms with E-state index in [1.54, 1.807) is 19.2 Å². The van der Waals surface area contributed by atoms with Crippen molar-refractivity contribution in [3.05, 3.63) is 27.9 Å². The van der Waals surface area contributed by atoms with Gasteiger partial charge >= 0.3 is 5.69 Å². The summed E-state index contributed by atoms with van der Waals surface area (Å²) in [4.78, 5) is 14.5. The van der Waals surface area contributed by atoms with Gasteiger partial charge in [-0.1, -0.05) is 6.92 Å². The van der Waals surface area contributed by atoms with E-state index in [2.05, 4.69) is 17.2 Å². The highest BCUT2D eigenvalue weighted by molar-refractivity contribution is 5.56. The predicted octanol–water partition coefficient (Wildman–Crippen LogP) is 2.51. The van der Waals surface area contributed by atoms with E-state index in [9.17, 15) is 10.1 Å². The third-order valence-corrected chi connectivity index (χ3v) is 2.99. The number of hydrogen-bond donors (Lipinski definition) is 1. The van der Waals surface area contributed by atoms with Crippen LogP contribution in [0.3, 0.4) is 0 Å². The molecule has 1 aromatic heterocycles. The highest BCUT2D eigenvalue weighted by atomic mass is 16.6. The molecular weight excluding hydrogens is 206 g/mol. The van der Waals surface area contributed by atoms with Gasteiger partial charge in [0.15, 0.2) is 0 Å². The number of aryl methyl sites for hydroxylation is 1. The van der Waals surface area contributed by atoms with Crippen LogP contribution in [0, 0.1) is 22.5 Å². The molecule has 1 aromatic rings. The summed E-state index contributed by atoms with van der Waals surface area (Å²) in [5, 5.41) is 13.9. The minimum atomic E-state index is -0.391. The number of nitrogens with one attached hydrogen (secondary N) is 1. The summed E-state index contributed by atoms with van der Waals surface area (Å²) >= 11 is 0. The van der Waals surface area contributed by atoms with E-state index in [0.717, 1.165) is 12.1 Å². The quantitative estimate of drug-likeness (QED) is 0.626. The molecule has 1 aliphatic rings. The van der Waals surface area contributed by atoms with Crippen LogP contribution in [0.1, 0.15) is 25.3 Å². The smallest absolute Gasteiger partial charge is 0.311 e. The molecule has 86 valence electrons. The minimum absolute atomic E-state index is 0.0595. The average molecular weight is 221 g/mol. The molecule has 1 fully saturated rings. The molecule has 16 heavy (non-hydrogen) atoms. The number of aromatic nitrogens is 1. The van der Waals surface area contributed by atoms with E-state index in [-0.39, 0.29) is 5.69 Å². The molecule has 0 amide bonds. The Morgan fingerprint density at radius 3 is 2.88 bits per heavy atom. The van der Waals surface area contributed by atoms with Gasteiger partial charge < -0.3 is 5.32 Å². The van der Waals surface area contributed by atoms with Crippen molar-refractivity contribution in [2.24, 2.45) is 5.41 Å². The van der Waals surface area contributed by atoms with Gasteiger partial charge in [0.05, 0.1) is 4.92 Å². The third-order valence-electron chi connectivity index (χ3n) is 2.99. The number of nitrogens with zero attached hydrogens (tertiary/aromatic N) is 2. The van der Waals surface area contributed by atoms with E-state index in [1.807, 2.05) is 0 Å². The molecule has 0 saturated heterocycles. The maximum absolute atomic E-state index is 10.8. The standard InChI is InChI=1S/C11H15N3O2/c1-8-5-9(14(15)16)10(12-6-8)13-7-11(2)3-4-11/h5-6H,3-4,7H2,1-2H3,(H,12,13). The summed E-state index contributed by atoms with van der Waals surface area (Å²) in [5.41, 5.74) is 1.17. The van der Waals surface area contributed by atoms with E-state index >= 15 is 0 Å². The largest absolute Gasteiger partial charge is 0.364 e. The molecule has 0 aromatic carbocycles. The number of rotatable bonds is 4. The Bertz CT molecular complexity index is 427. The van der Waals surface area contributed by atoms with Crippen LogP contribution in [0.4, 0.5) is 11.5 Å². The van der Waals surface area contributed by atoms with Crippen molar-refractivity contribution in [2.45, 2.75) is 26.7 Å². The Balaban J connectivity index is 2.15. The molecule has 0 atom stereocenters. The first-order valence-corrected chi connectivity index (χ1v) is 5.35. The summed E-state index contributed by atoms with van der Waals surface area (Å²) in [6.45, 7) is 4.72. The van der Waals surface area contributed by atoms with Crippen LogP contribution >= 0.6 is 0 Å². The van der Waals surface area contributed by atoms with E-state index in [4.69, 9.17) is 0 Å². The third kappa shape index (κ3) is 2.29. The number of anilines is 1. The van der Waals surface area contributed by atoms with Gasteiger partial charge in [0, 0.05) is 18.8 Å². The lowest BCUT2D eigenvalue weighted by molar-refractivity contribution is -0.384. The number of nitro groups is 1. The van der Waals surface area contributed by atoms with Gasteiger partial charge in [-0.05, 0) is 30.7 Å². The van der Waals surface area contributed by atoms with Gasteiger partial charge in [-0.15, -0.1) is 0 Å². The van der Waals surface area contributed by atoms with E-state index in [0.29, 0.717) is 11.2 Å². The average Bonchev–Trinajstić information content (AvgIpc) is 2.95. The maximum atomic E-state index is 10.8. The molecule has 2 rings (SSSR count). The Labute approximate surface area is 94.0 Å². The van der Waals surface area contributed by atoms with Crippen LogP contribution in [-0.4, -0.2) is 16.5 Å². The van der Waals surface area contributed by atoms with Crippen molar-refractivity contribution in [1.29, 1.82) is 0 Å². The lowest BCUT2D eigenvalue weighted by Crippen LogP contribution is -2.13. The van der Waals surface area contributed by atoms with Gasteiger partial charge in [0.1, 0.15) is 0 Å². The number of hydrogen-bond acceptors (Lipinski definition) is 4. The van der Waals surface area contributed by atoms with Gasteiger partial charge in [0.25, 0.3) is 0 Å². The first kappa shape index (κ1) is 10.9. The monoisotopic (exact) mass is 221 g/mol. The van der Waals surface area contributed by atoms with Crippen molar-refractivity contribution < 1.29 is 4.92 Å². The zero-order valence-electron chi connectivity index (χ0n) is 9.49. The van der Waals surface area contributed by atoms with Gasteiger partial charge in [-0.2, -0.15) is 0 Å². The fourth-order valence-corrected chi connectivity index (χ4v) is 1.52. The Morgan fingerprint density at radius 2 is 2.31 bits per heavy atom. The zero-order valence-corrected chi connectivity index (χ0v) is 9.49. The summed E-state index contributed by atoms with van der Waals surface area (Å²) in [5.74, 6) is 0.378. The second-order valence-electron chi connectivity index (χ2n) is 4.80. The molecule has 0 radical (unpaired) electrons. The van der Waals surface area contributed by atoms with Gasteiger partial charge in [-0.25, -0.2) is 4.98 Å². The number of pyridine rings is 1. The molecule has 0 unspecified atom stereocenters. The van der Waals surface area contributed by atoms with E-state index in [1.165, 1.54) is 12.8 Å². The minimum Gasteiger partial charge on any atom is -0.364 e. The Morgan fingerprint density at radius 1 is 1.62 bits per heavy atom. The Hall–Kier alpha value is -1.65. The van der Waals surface area contributed by atoms with Crippen LogP contribution in [-0.2, 0) is 0 Å². The van der Waals surface area contributed by atoms with Crippen molar-refractivity contribution in [3.63, 3.8) is 0 Å². The molecule has 0 aliphatic heterocycles. The zero-order chi connectivity index (χ0) is 11.8. The van der Waals surface area contributed by atoms with Crippen molar-refractivity contribution in [1.82, 2.24) is 4.98 Å². The molecule has 1 heterocycles. The molecular formula is C11H15N3O2. The SMILES string of the molecule is Cc1cnc(NCC2(C)CC2)c([N+](=O)[O-])c1. The molecule has 5 nitrogen and oxygen atoms in total. The molecule has 0 spiro atoms. The topological polar surface area (TPSA) is 68.1 Å². The summed E-state index contributed by atoms with van der Waals surface area (Å²) in [7, 11) is 0. The summed E-state index contributed by atoms with van der Waals surface area (Å²) < 4.78 is 0. The van der Waals surface area contributed by atoms with Crippen molar-refractivity contribution >= 4 is 11.5 Å². The molecule has 1 saturated carbocycles. The van der Waals surface area contributed by atoms with Crippen LogP contribution in [0.2, 0.25) is 0 Å². The van der Waals surface area contributed by atoms with Gasteiger partial charge in [0.2, 0.25) is 5.82 Å². The summed E-state index contributed by atoms with van der Waals surface area (Å²) in [6.07, 6.45) is 4.00. The molecule has 1 N–H and O–H groups in total.